The van der Waals surface area contributed by atoms with E-state index in [4.69, 9.17) is 23.2 Å². The lowest BCUT2D eigenvalue weighted by atomic mass is 10.2. The number of rotatable bonds is 2. The third-order valence-corrected chi connectivity index (χ3v) is 2.68. The third kappa shape index (κ3) is 2.16. The van der Waals surface area contributed by atoms with Gasteiger partial charge in [0.1, 0.15) is 0 Å². The van der Waals surface area contributed by atoms with Crippen LogP contribution in [-0.4, -0.2) is 9.78 Å². The molecule has 1 aromatic heterocycles. The van der Waals surface area contributed by atoms with Gasteiger partial charge in [-0.25, -0.2) is 4.68 Å². The molecular weight excluding hydrogens is 231 g/mol. The van der Waals surface area contributed by atoms with Crippen molar-refractivity contribution >= 4 is 23.2 Å². The molecular formula is C11H10Cl2N2. The molecule has 2 nitrogen and oxygen atoms in total. The number of halogens is 2. The molecule has 0 bridgehead atoms. The van der Waals surface area contributed by atoms with Gasteiger partial charge < -0.3 is 0 Å². The SMILES string of the molecule is Cc1ccn(-c2ccc(Cl)cc2CCl)n1. The molecule has 4 heteroatoms. The largest absolute Gasteiger partial charge is 0.240 e. The van der Waals surface area contributed by atoms with E-state index in [2.05, 4.69) is 5.10 Å². The molecule has 0 saturated carbocycles. The number of aromatic nitrogens is 2. The van der Waals surface area contributed by atoms with Crippen molar-refractivity contribution in [1.82, 2.24) is 9.78 Å². The molecule has 0 unspecified atom stereocenters. The van der Waals surface area contributed by atoms with Crippen LogP contribution in [-0.2, 0) is 5.88 Å². The van der Waals surface area contributed by atoms with Crippen LogP contribution in [0.3, 0.4) is 0 Å². The highest BCUT2D eigenvalue weighted by Crippen LogP contribution is 2.21. The Bertz CT molecular complexity index is 477. The number of alkyl halides is 1. The molecule has 1 aromatic carbocycles. The molecule has 2 aromatic rings. The van der Waals surface area contributed by atoms with Gasteiger partial charge in [-0.1, -0.05) is 11.6 Å². The van der Waals surface area contributed by atoms with Gasteiger partial charge in [-0.2, -0.15) is 5.10 Å². The monoisotopic (exact) mass is 240 g/mol. The standard InChI is InChI=1S/C11H10Cl2N2/c1-8-4-5-15(14-8)11-3-2-10(13)6-9(11)7-12/h2-6H,7H2,1H3. The van der Waals surface area contributed by atoms with Crippen molar-refractivity contribution < 1.29 is 0 Å². The second-order valence-electron chi connectivity index (χ2n) is 3.31. The highest BCUT2D eigenvalue weighted by molar-refractivity contribution is 6.30. The molecule has 78 valence electrons. The van der Waals surface area contributed by atoms with E-state index in [0.717, 1.165) is 16.9 Å². The topological polar surface area (TPSA) is 17.8 Å². The Balaban J connectivity index is 2.52. The quantitative estimate of drug-likeness (QED) is 0.735. The van der Waals surface area contributed by atoms with E-state index in [9.17, 15) is 0 Å². The van der Waals surface area contributed by atoms with Crippen LogP contribution in [0.2, 0.25) is 5.02 Å². The van der Waals surface area contributed by atoms with Gasteiger partial charge in [0.15, 0.2) is 0 Å². The van der Waals surface area contributed by atoms with Crippen LogP contribution >= 0.6 is 23.2 Å². The molecule has 2 rings (SSSR count). The molecule has 15 heavy (non-hydrogen) atoms. The lowest BCUT2D eigenvalue weighted by Crippen LogP contribution is -1.99. The van der Waals surface area contributed by atoms with Crippen LogP contribution in [0.1, 0.15) is 11.3 Å². The summed E-state index contributed by atoms with van der Waals surface area (Å²) in [6.07, 6.45) is 1.91. The average molecular weight is 241 g/mol. The summed E-state index contributed by atoms with van der Waals surface area (Å²) in [5, 5.41) is 5.03. The summed E-state index contributed by atoms with van der Waals surface area (Å²) in [4.78, 5) is 0. The summed E-state index contributed by atoms with van der Waals surface area (Å²) < 4.78 is 1.81. The smallest absolute Gasteiger partial charge is 0.0690 e. The predicted octanol–water partition coefficient (Wildman–Crippen LogP) is 3.57. The van der Waals surface area contributed by atoms with E-state index in [0.29, 0.717) is 10.9 Å². The Kier molecular flexibility index (Phi) is 2.98. The molecule has 0 spiro atoms. The van der Waals surface area contributed by atoms with E-state index in [1.807, 2.05) is 42.1 Å². The summed E-state index contributed by atoms with van der Waals surface area (Å²) in [6.45, 7) is 1.95. The zero-order chi connectivity index (χ0) is 10.8. The maximum absolute atomic E-state index is 5.90. The van der Waals surface area contributed by atoms with Gasteiger partial charge >= 0.3 is 0 Å². The van der Waals surface area contributed by atoms with Crippen LogP contribution in [0.25, 0.3) is 5.69 Å². The summed E-state index contributed by atoms with van der Waals surface area (Å²) in [7, 11) is 0. The molecule has 0 N–H and O–H groups in total. The van der Waals surface area contributed by atoms with E-state index < -0.39 is 0 Å². The molecule has 0 fully saturated rings. The van der Waals surface area contributed by atoms with Crippen molar-refractivity contribution in [3.8, 4) is 5.69 Å². The first kappa shape index (κ1) is 10.5. The van der Waals surface area contributed by atoms with Crippen molar-refractivity contribution in [2.45, 2.75) is 12.8 Å². The predicted molar refractivity (Wildman–Crippen MR) is 62.9 cm³/mol. The van der Waals surface area contributed by atoms with E-state index in [-0.39, 0.29) is 0 Å². The van der Waals surface area contributed by atoms with Gasteiger partial charge in [-0.3, -0.25) is 0 Å². The van der Waals surface area contributed by atoms with Gasteiger partial charge in [0.25, 0.3) is 0 Å². The molecule has 0 aliphatic heterocycles. The minimum absolute atomic E-state index is 0.425. The molecule has 0 aliphatic carbocycles. The fraction of sp³-hybridized carbons (Fsp3) is 0.182. The number of benzene rings is 1. The Labute approximate surface area is 98.4 Å². The van der Waals surface area contributed by atoms with Gasteiger partial charge in [-0.15, -0.1) is 11.6 Å². The number of aryl methyl sites for hydroxylation is 1. The summed E-state index contributed by atoms with van der Waals surface area (Å²) in [5.41, 5.74) is 2.93. The lowest BCUT2D eigenvalue weighted by Gasteiger charge is -2.07. The van der Waals surface area contributed by atoms with Crippen LogP contribution in [0.5, 0.6) is 0 Å². The molecule has 0 atom stereocenters. The van der Waals surface area contributed by atoms with Gasteiger partial charge in [0, 0.05) is 17.1 Å². The second kappa shape index (κ2) is 4.25. The van der Waals surface area contributed by atoms with Crippen molar-refractivity contribution in [3.05, 3.63) is 46.7 Å². The summed E-state index contributed by atoms with van der Waals surface area (Å²) in [6, 6.07) is 7.57. The fourth-order valence-corrected chi connectivity index (χ4v) is 1.84. The number of hydrogen-bond acceptors (Lipinski definition) is 1. The first-order valence-electron chi connectivity index (χ1n) is 4.58. The van der Waals surface area contributed by atoms with Crippen molar-refractivity contribution in [1.29, 1.82) is 0 Å². The van der Waals surface area contributed by atoms with E-state index >= 15 is 0 Å². The lowest BCUT2D eigenvalue weighted by molar-refractivity contribution is 0.854. The maximum Gasteiger partial charge on any atom is 0.0690 e. The zero-order valence-corrected chi connectivity index (χ0v) is 9.76. The summed E-state index contributed by atoms with van der Waals surface area (Å²) >= 11 is 11.8. The van der Waals surface area contributed by atoms with Crippen LogP contribution < -0.4 is 0 Å². The molecule has 1 heterocycles. The minimum atomic E-state index is 0.425. The molecule has 0 saturated heterocycles. The Morgan fingerprint density at radius 1 is 1.33 bits per heavy atom. The zero-order valence-electron chi connectivity index (χ0n) is 8.24. The fourth-order valence-electron chi connectivity index (χ4n) is 1.43. The van der Waals surface area contributed by atoms with Crippen molar-refractivity contribution in [2.24, 2.45) is 0 Å². The van der Waals surface area contributed by atoms with Crippen LogP contribution in [0.4, 0.5) is 0 Å². The Hall–Kier alpha value is -0.990. The highest BCUT2D eigenvalue weighted by Gasteiger charge is 2.05. The van der Waals surface area contributed by atoms with Gasteiger partial charge in [0.05, 0.1) is 11.4 Å². The third-order valence-electron chi connectivity index (χ3n) is 2.15. The maximum atomic E-state index is 5.90. The first-order chi connectivity index (χ1) is 7.20. The Morgan fingerprint density at radius 3 is 2.73 bits per heavy atom. The van der Waals surface area contributed by atoms with Gasteiger partial charge in [-0.05, 0) is 36.8 Å². The Morgan fingerprint density at radius 2 is 2.13 bits per heavy atom. The summed E-state index contributed by atoms with van der Waals surface area (Å²) in [5.74, 6) is 0.425. The van der Waals surface area contributed by atoms with Gasteiger partial charge in [0.2, 0.25) is 0 Å². The van der Waals surface area contributed by atoms with Crippen molar-refractivity contribution in [2.75, 3.05) is 0 Å². The van der Waals surface area contributed by atoms with E-state index in [1.165, 1.54) is 0 Å². The highest BCUT2D eigenvalue weighted by atomic mass is 35.5. The molecule has 0 amide bonds. The number of nitrogens with zero attached hydrogens (tertiary/aromatic N) is 2. The van der Waals surface area contributed by atoms with Crippen molar-refractivity contribution in [3.63, 3.8) is 0 Å². The van der Waals surface area contributed by atoms with E-state index in [1.54, 1.807) is 0 Å². The minimum Gasteiger partial charge on any atom is -0.240 e. The normalized spacial score (nSPS) is 10.6. The average Bonchev–Trinajstić information content (AvgIpc) is 2.64. The van der Waals surface area contributed by atoms with Crippen LogP contribution in [0.15, 0.2) is 30.5 Å². The molecule has 0 aliphatic rings. The number of hydrogen-bond donors (Lipinski definition) is 0. The first-order valence-corrected chi connectivity index (χ1v) is 5.49. The van der Waals surface area contributed by atoms with Crippen LogP contribution in [0, 0.1) is 6.92 Å². The molecule has 0 radical (unpaired) electrons. The second-order valence-corrected chi connectivity index (χ2v) is 4.01.